The number of anilines is 1. The highest BCUT2D eigenvalue weighted by Crippen LogP contribution is 2.56. The fourth-order valence-corrected chi connectivity index (χ4v) is 6.50. The Morgan fingerprint density at radius 2 is 1.90 bits per heavy atom. The number of aliphatic hydroxyl groups is 1. The predicted molar refractivity (Wildman–Crippen MR) is 110 cm³/mol. The van der Waals surface area contributed by atoms with Crippen LogP contribution in [0.4, 0.5) is 5.69 Å². The molecule has 8 nitrogen and oxygen atoms in total. The number of nitrogens with one attached hydrogen (secondary N) is 2. The second-order valence-electron chi connectivity index (χ2n) is 9.72. The number of carbonyl (C=O) groups excluding carboxylic acids is 3. The highest BCUT2D eigenvalue weighted by atomic mass is 16.5. The first-order valence-corrected chi connectivity index (χ1v) is 11.3. The summed E-state index contributed by atoms with van der Waals surface area (Å²) in [4.78, 5) is 39.3. The Kier molecular flexibility index (Phi) is 4.37. The van der Waals surface area contributed by atoms with E-state index >= 15 is 0 Å². The standard InChI is InChI=1S/C23H27N3O5/c27-17-10-31-18-7-16(17)25-15-4-1-11(5-14(15)18)8-24-19(28)9-26-22(29)20-12-2-3-13(6-12)21(20)23(26)30/h1,4-5,12-13,16-18,20-21,25,27H,2-3,6-10H2,(H,24,28)/t12-,13+,16?,17-,18-,20+,21-/m1/s1. The Morgan fingerprint density at radius 3 is 2.65 bits per heavy atom. The largest absolute Gasteiger partial charge is 0.389 e. The molecule has 2 saturated carbocycles. The third-order valence-corrected chi connectivity index (χ3v) is 8.01. The van der Waals surface area contributed by atoms with Gasteiger partial charge in [-0.1, -0.05) is 6.07 Å². The summed E-state index contributed by atoms with van der Waals surface area (Å²) >= 11 is 0. The number of hydrogen-bond acceptors (Lipinski definition) is 6. The van der Waals surface area contributed by atoms with Gasteiger partial charge < -0.3 is 20.5 Å². The Labute approximate surface area is 180 Å². The van der Waals surface area contributed by atoms with E-state index in [0.717, 1.165) is 36.1 Å². The highest BCUT2D eigenvalue weighted by molar-refractivity contribution is 6.08. The number of imide groups is 1. The Balaban J connectivity index is 1.09. The third kappa shape index (κ3) is 2.99. The quantitative estimate of drug-likeness (QED) is 0.620. The molecular weight excluding hydrogens is 398 g/mol. The van der Waals surface area contributed by atoms with Gasteiger partial charge in [-0.2, -0.15) is 0 Å². The van der Waals surface area contributed by atoms with Gasteiger partial charge in [0.1, 0.15) is 6.54 Å². The molecule has 7 atom stereocenters. The van der Waals surface area contributed by atoms with E-state index in [1.807, 2.05) is 18.2 Å². The van der Waals surface area contributed by atoms with E-state index in [1.54, 1.807) is 0 Å². The fourth-order valence-electron chi connectivity index (χ4n) is 6.50. The van der Waals surface area contributed by atoms with Crippen molar-refractivity contribution in [2.45, 2.75) is 50.5 Å². The maximum atomic E-state index is 12.8. The molecule has 6 rings (SSSR count). The molecular formula is C23H27N3O5. The van der Waals surface area contributed by atoms with E-state index < -0.39 is 6.10 Å². The molecule has 2 saturated heterocycles. The van der Waals surface area contributed by atoms with Crippen LogP contribution in [0.1, 0.15) is 42.9 Å². The molecule has 1 aromatic rings. The van der Waals surface area contributed by atoms with Crippen LogP contribution in [0.3, 0.4) is 0 Å². The predicted octanol–water partition coefficient (Wildman–Crippen LogP) is 0.950. The van der Waals surface area contributed by atoms with Crippen LogP contribution in [0.25, 0.3) is 0 Å². The lowest BCUT2D eigenvalue weighted by atomic mass is 9.81. The minimum Gasteiger partial charge on any atom is -0.389 e. The van der Waals surface area contributed by atoms with Crippen molar-refractivity contribution in [2.24, 2.45) is 23.7 Å². The minimum atomic E-state index is -0.505. The molecule has 4 bridgehead atoms. The average Bonchev–Trinajstić information content (AvgIpc) is 3.45. The molecule has 8 heteroatoms. The molecule has 5 aliphatic rings. The van der Waals surface area contributed by atoms with Crippen molar-refractivity contribution in [3.05, 3.63) is 29.3 Å². The van der Waals surface area contributed by atoms with Crippen molar-refractivity contribution in [1.82, 2.24) is 10.2 Å². The van der Waals surface area contributed by atoms with Crippen molar-refractivity contribution in [3.8, 4) is 0 Å². The molecule has 0 spiro atoms. The van der Waals surface area contributed by atoms with Gasteiger partial charge in [-0.05, 0) is 48.8 Å². The summed E-state index contributed by atoms with van der Waals surface area (Å²) in [6.07, 6.45) is 3.20. The topological polar surface area (TPSA) is 108 Å². The number of amides is 3. The van der Waals surface area contributed by atoms with Crippen LogP contribution in [0, 0.1) is 23.7 Å². The van der Waals surface area contributed by atoms with Crippen LogP contribution >= 0.6 is 0 Å². The molecule has 0 aromatic heterocycles. The first kappa shape index (κ1) is 19.3. The number of ether oxygens (including phenoxy) is 1. The molecule has 164 valence electrons. The van der Waals surface area contributed by atoms with Gasteiger partial charge in [-0.3, -0.25) is 19.3 Å². The van der Waals surface area contributed by atoms with Crippen LogP contribution < -0.4 is 10.6 Å². The fraction of sp³-hybridized carbons (Fsp3) is 0.609. The first-order valence-electron chi connectivity index (χ1n) is 11.3. The smallest absolute Gasteiger partial charge is 0.240 e. The molecule has 0 radical (unpaired) electrons. The monoisotopic (exact) mass is 425 g/mol. The lowest BCUT2D eigenvalue weighted by Crippen LogP contribution is -2.46. The zero-order chi connectivity index (χ0) is 21.3. The van der Waals surface area contributed by atoms with Crippen LogP contribution in [0.15, 0.2) is 18.2 Å². The van der Waals surface area contributed by atoms with Gasteiger partial charge in [0.25, 0.3) is 0 Å². The molecule has 2 aliphatic carbocycles. The zero-order valence-electron chi connectivity index (χ0n) is 17.3. The molecule has 4 fully saturated rings. The van der Waals surface area contributed by atoms with Crippen LogP contribution in [0.2, 0.25) is 0 Å². The second kappa shape index (κ2) is 7.03. The maximum absolute atomic E-state index is 12.8. The highest BCUT2D eigenvalue weighted by Gasteiger charge is 2.60. The van der Waals surface area contributed by atoms with Crippen molar-refractivity contribution in [1.29, 1.82) is 0 Å². The molecule has 31 heavy (non-hydrogen) atoms. The number of hydrogen-bond donors (Lipinski definition) is 3. The van der Waals surface area contributed by atoms with Crippen molar-refractivity contribution in [3.63, 3.8) is 0 Å². The molecule has 1 unspecified atom stereocenters. The Bertz CT molecular complexity index is 937. The Morgan fingerprint density at radius 1 is 1.16 bits per heavy atom. The van der Waals surface area contributed by atoms with Crippen molar-refractivity contribution in [2.75, 3.05) is 18.5 Å². The number of aliphatic hydroxyl groups excluding tert-OH is 1. The zero-order valence-corrected chi connectivity index (χ0v) is 17.3. The van der Waals surface area contributed by atoms with Gasteiger partial charge in [0.15, 0.2) is 0 Å². The van der Waals surface area contributed by atoms with Crippen molar-refractivity contribution < 1.29 is 24.2 Å². The normalized spacial score (nSPS) is 37.5. The second-order valence-corrected chi connectivity index (χ2v) is 9.72. The number of fused-ring (bicyclic) bond motifs is 9. The molecule has 3 aliphatic heterocycles. The molecule has 3 amide bonds. The van der Waals surface area contributed by atoms with Gasteiger partial charge in [0.2, 0.25) is 17.7 Å². The van der Waals surface area contributed by atoms with Crippen LogP contribution in [0.5, 0.6) is 0 Å². The van der Waals surface area contributed by atoms with Gasteiger partial charge >= 0.3 is 0 Å². The summed E-state index contributed by atoms with van der Waals surface area (Å²) in [6.45, 7) is 0.436. The average molecular weight is 425 g/mol. The van der Waals surface area contributed by atoms with E-state index in [0.29, 0.717) is 31.4 Å². The summed E-state index contributed by atoms with van der Waals surface area (Å²) in [5.74, 6) is -0.346. The molecule has 3 N–H and O–H groups in total. The molecule has 1 aromatic carbocycles. The summed E-state index contributed by atoms with van der Waals surface area (Å²) in [6, 6.07) is 5.88. The number of nitrogens with zero attached hydrogens (tertiary/aromatic N) is 1. The van der Waals surface area contributed by atoms with Gasteiger partial charge in [0.05, 0.1) is 36.7 Å². The summed E-state index contributed by atoms with van der Waals surface area (Å²) < 4.78 is 5.78. The van der Waals surface area contributed by atoms with Gasteiger partial charge in [-0.15, -0.1) is 0 Å². The van der Waals surface area contributed by atoms with Crippen LogP contribution in [-0.2, 0) is 25.7 Å². The molecule has 3 heterocycles. The Hall–Kier alpha value is -2.45. The van der Waals surface area contributed by atoms with Crippen LogP contribution in [-0.4, -0.2) is 53.0 Å². The summed E-state index contributed by atoms with van der Waals surface area (Å²) in [5.41, 5.74) is 2.91. The van der Waals surface area contributed by atoms with E-state index in [2.05, 4.69) is 10.6 Å². The van der Waals surface area contributed by atoms with Crippen molar-refractivity contribution >= 4 is 23.4 Å². The van der Waals surface area contributed by atoms with Gasteiger partial charge in [-0.25, -0.2) is 0 Å². The van der Waals surface area contributed by atoms with E-state index in [9.17, 15) is 19.5 Å². The number of benzene rings is 1. The van der Waals surface area contributed by atoms with Gasteiger partial charge in [0, 0.05) is 24.2 Å². The number of likely N-dealkylation sites (tertiary alicyclic amines) is 1. The number of rotatable bonds is 4. The van der Waals surface area contributed by atoms with E-state index in [1.165, 1.54) is 4.90 Å². The first-order chi connectivity index (χ1) is 15.0. The van der Waals surface area contributed by atoms with E-state index in [4.69, 9.17) is 4.74 Å². The third-order valence-electron chi connectivity index (χ3n) is 8.01. The summed E-state index contributed by atoms with van der Waals surface area (Å²) in [7, 11) is 0. The lowest BCUT2D eigenvalue weighted by molar-refractivity contribution is -0.144. The number of carbonyl (C=O) groups is 3. The SMILES string of the molecule is O=C(CN1C(=O)[C@@H]2[C@H]3CC[C@H](C3)[C@@H]2C1=O)NCc1ccc2c(c1)[C@H]1CC(N2)[C@H](O)CO1. The minimum absolute atomic E-state index is 0.00191. The lowest BCUT2D eigenvalue weighted by Gasteiger charge is -2.40. The van der Waals surface area contributed by atoms with E-state index in [-0.39, 0.29) is 48.2 Å². The summed E-state index contributed by atoms with van der Waals surface area (Å²) in [5, 5.41) is 16.2. The maximum Gasteiger partial charge on any atom is 0.240 e.